The van der Waals surface area contributed by atoms with Gasteiger partial charge in [-0.1, -0.05) is 6.92 Å². The lowest BCUT2D eigenvalue weighted by molar-refractivity contribution is -0.136. The normalized spacial score (nSPS) is 15.4. The van der Waals surface area contributed by atoms with Gasteiger partial charge in [-0.2, -0.15) is 9.61 Å². The number of nitrogens with zero attached hydrogens (tertiary/aromatic N) is 6. The first-order valence-corrected chi connectivity index (χ1v) is 11.6. The van der Waals surface area contributed by atoms with Gasteiger partial charge in [-0.3, -0.25) is 19.2 Å². The lowest BCUT2D eigenvalue weighted by Crippen LogP contribution is -2.46. The van der Waals surface area contributed by atoms with Crippen molar-refractivity contribution in [2.24, 2.45) is 0 Å². The topological polar surface area (TPSA) is 131 Å². The van der Waals surface area contributed by atoms with E-state index in [1.54, 1.807) is 11.0 Å². The van der Waals surface area contributed by atoms with Crippen LogP contribution in [0.3, 0.4) is 0 Å². The van der Waals surface area contributed by atoms with Crippen LogP contribution in [0, 0.1) is 5.82 Å². The number of aromatic nitrogens is 4. The van der Waals surface area contributed by atoms with E-state index in [4.69, 9.17) is 4.74 Å². The van der Waals surface area contributed by atoms with Crippen molar-refractivity contribution in [1.82, 2.24) is 29.0 Å². The molecule has 1 fully saturated rings. The van der Waals surface area contributed by atoms with E-state index < -0.39 is 23.2 Å². The van der Waals surface area contributed by atoms with Crippen molar-refractivity contribution in [1.29, 1.82) is 0 Å². The summed E-state index contributed by atoms with van der Waals surface area (Å²) in [5.74, 6) is -1.69. The highest BCUT2D eigenvalue weighted by molar-refractivity contribution is 6.00. The number of hydrogen-bond donors (Lipinski definition) is 1. The molecular weight excluding hydrogens is 473 g/mol. The van der Waals surface area contributed by atoms with Gasteiger partial charge in [0.15, 0.2) is 0 Å². The van der Waals surface area contributed by atoms with Gasteiger partial charge in [-0.25, -0.2) is 9.37 Å². The summed E-state index contributed by atoms with van der Waals surface area (Å²) in [5, 5.41) is 6.90. The standard InChI is InChI=1S/C23H24FN7O5/c1-2-15-9-19-30(12-18(32)26-17-4-3-14(24)10-25-17)21-16(22(34)31(19)27-15)11-29(23(21)35)13-20(33)28-5-7-36-8-6-28/h3-4,9-10H,2,5-8,11-13H2,1H3,(H,25,26,32). The molecule has 0 bridgehead atoms. The summed E-state index contributed by atoms with van der Waals surface area (Å²) >= 11 is 0. The average Bonchev–Trinajstić information content (AvgIpc) is 3.46. The molecule has 3 aromatic rings. The molecule has 0 saturated carbocycles. The third kappa shape index (κ3) is 4.33. The predicted molar refractivity (Wildman–Crippen MR) is 124 cm³/mol. The van der Waals surface area contributed by atoms with E-state index in [2.05, 4.69) is 15.4 Å². The van der Waals surface area contributed by atoms with Gasteiger partial charge in [0.1, 0.15) is 36.1 Å². The number of pyridine rings is 1. The zero-order chi connectivity index (χ0) is 25.4. The Hall–Kier alpha value is -4.13. The minimum Gasteiger partial charge on any atom is -0.378 e. The van der Waals surface area contributed by atoms with Crippen molar-refractivity contribution in [3.63, 3.8) is 0 Å². The van der Waals surface area contributed by atoms with Crippen molar-refractivity contribution in [3.8, 4) is 0 Å². The summed E-state index contributed by atoms with van der Waals surface area (Å²) in [6, 6.07) is 4.13. The number of hydrogen-bond acceptors (Lipinski definition) is 7. The third-order valence-corrected chi connectivity index (χ3v) is 6.21. The summed E-state index contributed by atoms with van der Waals surface area (Å²) in [6.45, 7) is 3.03. The number of rotatable bonds is 6. The van der Waals surface area contributed by atoms with Crippen molar-refractivity contribution >= 4 is 29.2 Å². The Morgan fingerprint density at radius 1 is 1.17 bits per heavy atom. The molecule has 36 heavy (non-hydrogen) atoms. The van der Waals surface area contributed by atoms with E-state index in [1.165, 1.54) is 20.0 Å². The molecule has 5 heterocycles. The van der Waals surface area contributed by atoms with Crippen molar-refractivity contribution in [3.05, 3.63) is 57.5 Å². The maximum Gasteiger partial charge on any atom is 0.280 e. The van der Waals surface area contributed by atoms with Gasteiger partial charge in [0, 0.05) is 19.2 Å². The van der Waals surface area contributed by atoms with E-state index in [9.17, 15) is 23.6 Å². The summed E-state index contributed by atoms with van der Waals surface area (Å²) < 4.78 is 21.1. The molecule has 0 unspecified atom stereocenters. The molecule has 2 aliphatic rings. The molecule has 188 valence electrons. The van der Waals surface area contributed by atoms with Crippen molar-refractivity contribution in [2.75, 3.05) is 38.2 Å². The minimum absolute atomic E-state index is 0.0482. The monoisotopic (exact) mass is 497 g/mol. The number of carbonyl (C=O) groups is 3. The van der Waals surface area contributed by atoms with Gasteiger partial charge >= 0.3 is 0 Å². The number of nitrogens with one attached hydrogen (secondary N) is 1. The molecule has 0 radical (unpaired) electrons. The number of ether oxygens (including phenoxy) is 1. The zero-order valence-electron chi connectivity index (χ0n) is 19.6. The summed E-state index contributed by atoms with van der Waals surface area (Å²) in [4.78, 5) is 59.1. The average molecular weight is 497 g/mol. The predicted octanol–water partition coefficient (Wildman–Crippen LogP) is 0.0458. The minimum atomic E-state index is -0.545. The highest BCUT2D eigenvalue weighted by Gasteiger charge is 2.36. The fraction of sp³-hybridized carbons (Fsp3) is 0.391. The Kier molecular flexibility index (Phi) is 6.22. The molecule has 3 amide bonds. The number of carbonyl (C=O) groups excluding carboxylic acids is 3. The second kappa shape index (κ2) is 9.49. The van der Waals surface area contributed by atoms with Crippen molar-refractivity contribution < 1.29 is 23.5 Å². The zero-order valence-corrected chi connectivity index (χ0v) is 19.6. The van der Waals surface area contributed by atoms with Crippen LogP contribution in [-0.4, -0.2) is 79.5 Å². The van der Waals surface area contributed by atoms with Crippen LogP contribution >= 0.6 is 0 Å². The summed E-state index contributed by atoms with van der Waals surface area (Å²) in [5.41, 5.74) is 0.656. The van der Waals surface area contributed by atoms with Crippen LogP contribution in [0.1, 0.15) is 28.7 Å². The SMILES string of the molecule is CCc1cc2n(CC(=O)Nc3ccc(F)cn3)c3c(c(=O)n2n1)CN(CC(=O)N1CCOCC1)C3=O. The van der Waals surface area contributed by atoms with Gasteiger partial charge in [0.2, 0.25) is 11.8 Å². The number of morpholine rings is 1. The number of anilines is 1. The number of amides is 3. The Balaban J connectivity index is 1.48. The van der Waals surface area contributed by atoms with Crippen LogP contribution in [0.15, 0.2) is 29.2 Å². The molecule has 5 rings (SSSR count). The van der Waals surface area contributed by atoms with Gasteiger partial charge in [-0.05, 0) is 18.6 Å². The van der Waals surface area contributed by atoms with Crippen LogP contribution in [0.25, 0.3) is 5.65 Å². The third-order valence-electron chi connectivity index (χ3n) is 6.21. The number of fused-ring (bicyclic) bond motifs is 2. The highest BCUT2D eigenvalue weighted by atomic mass is 19.1. The highest BCUT2D eigenvalue weighted by Crippen LogP contribution is 2.23. The molecule has 0 aromatic carbocycles. The van der Waals surface area contributed by atoms with E-state index in [1.807, 2.05) is 6.92 Å². The molecule has 13 heteroatoms. The van der Waals surface area contributed by atoms with Gasteiger partial charge in [-0.15, -0.1) is 0 Å². The van der Waals surface area contributed by atoms with Crippen LogP contribution < -0.4 is 10.9 Å². The van der Waals surface area contributed by atoms with Crippen molar-refractivity contribution in [2.45, 2.75) is 26.4 Å². The maximum absolute atomic E-state index is 13.4. The largest absolute Gasteiger partial charge is 0.378 e. The Morgan fingerprint density at radius 2 is 1.94 bits per heavy atom. The number of halogens is 1. The van der Waals surface area contributed by atoms with Gasteiger partial charge < -0.3 is 24.4 Å². The Bertz CT molecular complexity index is 1410. The Labute approximate surface area is 204 Å². The van der Waals surface area contributed by atoms with Crippen LogP contribution in [0.5, 0.6) is 0 Å². The maximum atomic E-state index is 13.4. The summed E-state index contributed by atoms with van der Waals surface area (Å²) in [7, 11) is 0. The van der Waals surface area contributed by atoms with E-state index >= 15 is 0 Å². The lowest BCUT2D eigenvalue weighted by atomic mass is 10.2. The lowest BCUT2D eigenvalue weighted by Gasteiger charge is -2.28. The first-order valence-electron chi connectivity index (χ1n) is 11.6. The van der Waals surface area contributed by atoms with E-state index in [0.717, 1.165) is 12.3 Å². The smallest absolute Gasteiger partial charge is 0.280 e. The Morgan fingerprint density at radius 3 is 2.64 bits per heavy atom. The molecular formula is C23H24FN7O5. The van der Waals surface area contributed by atoms with Crippen LogP contribution in [0.2, 0.25) is 0 Å². The molecule has 0 spiro atoms. The fourth-order valence-corrected chi connectivity index (χ4v) is 4.38. The van der Waals surface area contributed by atoms with Crippen LogP contribution in [-0.2, 0) is 33.8 Å². The number of aryl methyl sites for hydroxylation is 1. The molecule has 0 atom stereocenters. The van der Waals surface area contributed by atoms with Gasteiger partial charge in [0.05, 0.1) is 37.2 Å². The summed E-state index contributed by atoms with van der Waals surface area (Å²) in [6.07, 6.45) is 1.52. The molecule has 12 nitrogen and oxygen atoms in total. The molecule has 3 aromatic heterocycles. The quantitative estimate of drug-likeness (QED) is 0.509. The molecule has 0 aliphatic carbocycles. The van der Waals surface area contributed by atoms with Gasteiger partial charge in [0.25, 0.3) is 11.5 Å². The molecule has 2 aliphatic heterocycles. The fourth-order valence-electron chi connectivity index (χ4n) is 4.38. The molecule has 1 N–H and O–H groups in total. The second-order valence-electron chi connectivity index (χ2n) is 8.54. The second-order valence-corrected chi connectivity index (χ2v) is 8.54. The van der Waals surface area contributed by atoms with E-state index in [0.29, 0.717) is 38.4 Å². The van der Waals surface area contributed by atoms with E-state index in [-0.39, 0.29) is 48.3 Å². The van der Waals surface area contributed by atoms with Crippen LogP contribution in [0.4, 0.5) is 10.2 Å². The molecule has 1 saturated heterocycles. The first kappa shape index (κ1) is 23.6. The first-order chi connectivity index (χ1) is 17.4.